The van der Waals surface area contributed by atoms with Gasteiger partial charge in [0.25, 0.3) is 0 Å². The van der Waals surface area contributed by atoms with Crippen molar-refractivity contribution in [1.82, 2.24) is 5.32 Å². The lowest BCUT2D eigenvalue weighted by Crippen LogP contribution is -2.42. The number of nitrogens with one attached hydrogen (secondary N) is 1. The van der Waals surface area contributed by atoms with Crippen molar-refractivity contribution in [1.29, 1.82) is 10.5 Å². The summed E-state index contributed by atoms with van der Waals surface area (Å²) in [6.07, 6.45) is 0.737. The molecule has 0 aliphatic rings. The summed E-state index contributed by atoms with van der Waals surface area (Å²) in [5, 5.41) is 24.7. The summed E-state index contributed by atoms with van der Waals surface area (Å²) in [5.74, 6) is 0.0363. The van der Waals surface area contributed by atoms with Gasteiger partial charge in [-0.3, -0.25) is 0 Å². The summed E-state index contributed by atoms with van der Waals surface area (Å²) in [4.78, 5) is 0. The number of nitrogens with zero attached hydrogens (tertiary/aromatic N) is 2. The van der Waals surface area contributed by atoms with Gasteiger partial charge in [0.2, 0.25) is 0 Å². The van der Waals surface area contributed by atoms with Crippen molar-refractivity contribution in [3.8, 4) is 12.1 Å². The molecule has 6 heteroatoms. The van der Waals surface area contributed by atoms with Crippen LogP contribution in [0.1, 0.15) is 55.0 Å². The van der Waals surface area contributed by atoms with Gasteiger partial charge in [0, 0.05) is 17.0 Å². The number of nitriles is 2. The fraction of sp³-hybridized carbons (Fsp3) is 0.286. The summed E-state index contributed by atoms with van der Waals surface area (Å²) in [5.41, 5.74) is 2.98. The molecular formula is C28H26Cl3N3. The SMILES string of the molecule is C[C@H](NC(c1ccc(Cl)c(Cl)c1)C(C)(C)C#N)[C@@H](Cc1ccc(Cl)cc1)c1cccc(C#N)c1. The van der Waals surface area contributed by atoms with Crippen LogP contribution in [0, 0.1) is 28.1 Å². The fourth-order valence-electron chi connectivity index (χ4n) is 4.15. The van der Waals surface area contributed by atoms with E-state index in [1.807, 2.05) is 68.4 Å². The van der Waals surface area contributed by atoms with E-state index in [1.165, 1.54) is 0 Å². The number of rotatable bonds is 8. The van der Waals surface area contributed by atoms with Crippen LogP contribution in [0.3, 0.4) is 0 Å². The first-order chi connectivity index (χ1) is 16.1. The van der Waals surface area contributed by atoms with E-state index in [1.54, 1.807) is 12.1 Å². The van der Waals surface area contributed by atoms with Gasteiger partial charge in [-0.05, 0) is 80.3 Å². The van der Waals surface area contributed by atoms with Crippen LogP contribution in [-0.4, -0.2) is 6.04 Å². The van der Waals surface area contributed by atoms with Crippen LogP contribution in [0.4, 0.5) is 0 Å². The van der Waals surface area contributed by atoms with Crippen molar-refractivity contribution >= 4 is 34.8 Å². The molecule has 3 nitrogen and oxygen atoms in total. The zero-order chi connectivity index (χ0) is 24.9. The smallest absolute Gasteiger partial charge is 0.0991 e. The van der Waals surface area contributed by atoms with E-state index in [9.17, 15) is 10.5 Å². The van der Waals surface area contributed by atoms with Gasteiger partial charge in [0.1, 0.15) is 0 Å². The van der Waals surface area contributed by atoms with Gasteiger partial charge >= 0.3 is 0 Å². The minimum absolute atomic E-state index is 0.0363. The van der Waals surface area contributed by atoms with Crippen LogP contribution < -0.4 is 5.32 Å². The minimum atomic E-state index is -0.718. The van der Waals surface area contributed by atoms with Gasteiger partial charge in [-0.15, -0.1) is 0 Å². The first-order valence-electron chi connectivity index (χ1n) is 11.0. The standard InChI is InChI=1S/C28H26Cl3N3/c1-18(34-27(28(2,3)17-33)22-9-12-25(30)26(31)15-22)24(14-19-7-10-23(29)11-8-19)21-6-4-5-20(13-21)16-32/h4-13,15,18,24,27,34H,14H2,1-3H3/t18-,24+,27?/m0/s1. The van der Waals surface area contributed by atoms with E-state index in [4.69, 9.17) is 34.8 Å². The molecule has 0 amide bonds. The van der Waals surface area contributed by atoms with Gasteiger partial charge < -0.3 is 5.32 Å². The molecule has 0 bridgehead atoms. The zero-order valence-electron chi connectivity index (χ0n) is 19.3. The molecule has 1 unspecified atom stereocenters. The molecule has 0 radical (unpaired) electrons. The number of benzene rings is 3. The van der Waals surface area contributed by atoms with E-state index in [0.29, 0.717) is 20.6 Å². The fourth-order valence-corrected chi connectivity index (χ4v) is 4.59. The lowest BCUT2D eigenvalue weighted by Gasteiger charge is -2.36. The zero-order valence-corrected chi connectivity index (χ0v) is 21.6. The maximum Gasteiger partial charge on any atom is 0.0991 e. The van der Waals surface area contributed by atoms with E-state index < -0.39 is 5.41 Å². The topological polar surface area (TPSA) is 59.6 Å². The Morgan fingerprint density at radius 1 is 0.882 bits per heavy atom. The number of halogens is 3. The molecule has 3 aromatic rings. The molecule has 3 aromatic carbocycles. The van der Waals surface area contributed by atoms with Crippen molar-refractivity contribution in [2.45, 2.75) is 45.2 Å². The van der Waals surface area contributed by atoms with Crippen molar-refractivity contribution in [3.05, 3.63) is 104 Å². The second kappa shape index (κ2) is 11.3. The molecule has 3 atom stereocenters. The molecule has 1 N–H and O–H groups in total. The van der Waals surface area contributed by atoms with E-state index in [-0.39, 0.29) is 18.0 Å². The highest BCUT2D eigenvalue weighted by Crippen LogP contribution is 2.37. The first-order valence-corrected chi connectivity index (χ1v) is 12.1. The predicted molar refractivity (Wildman–Crippen MR) is 140 cm³/mol. The van der Waals surface area contributed by atoms with Gasteiger partial charge in [-0.1, -0.05) is 65.1 Å². The molecule has 0 aliphatic carbocycles. The Balaban J connectivity index is 2.00. The summed E-state index contributed by atoms with van der Waals surface area (Å²) >= 11 is 18.6. The maximum atomic E-state index is 9.95. The molecule has 0 aliphatic heterocycles. The summed E-state index contributed by atoms with van der Waals surface area (Å²) in [7, 11) is 0. The second-order valence-corrected chi connectivity index (χ2v) is 10.3. The van der Waals surface area contributed by atoms with Gasteiger partial charge in [-0.2, -0.15) is 10.5 Å². The molecule has 0 spiro atoms. The van der Waals surface area contributed by atoms with Gasteiger partial charge in [0.05, 0.1) is 39.2 Å². The van der Waals surface area contributed by atoms with Crippen molar-refractivity contribution in [2.24, 2.45) is 5.41 Å². The Morgan fingerprint density at radius 2 is 1.59 bits per heavy atom. The van der Waals surface area contributed by atoms with E-state index in [2.05, 4.69) is 24.4 Å². The third-order valence-corrected chi connectivity index (χ3v) is 7.12. The van der Waals surface area contributed by atoms with Crippen molar-refractivity contribution in [3.63, 3.8) is 0 Å². The molecule has 0 aromatic heterocycles. The monoisotopic (exact) mass is 509 g/mol. The molecule has 0 saturated heterocycles. The summed E-state index contributed by atoms with van der Waals surface area (Å²) in [6, 6.07) is 25.3. The van der Waals surface area contributed by atoms with Crippen LogP contribution in [0.25, 0.3) is 0 Å². The predicted octanol–water partition coefficient (Wildman–Crippen LogP) is 8.11. The number of hydrogen-bond acceptors (Lipinski definition) is 3. The highest BCUT2D eigenvalue weighted by Gasteiger charge is 2.34. The second-order valence-electron chi connectivity index (χ2n) is 9.07. The Kier molecular flexibility index (Phi) is 8.64. The lowest BCUT2D eigenvalue weighted by molar-refractivity contribution is 0.281. The quantitative estimate of drug-likeness (QED) is 0.333. The van der Waals surface area contributed by atoms with Gasteiger partial charge in [-0.25, -0.2) is 0 Å². The molecule has 0 saturated carbocycles. The average Bonchev–Trinajstić information content (AvgIpc) is 2.83. The van der Waals surface area contributed by atoms with Crippen LogP contribution in [0.2, 0.25) is 15.1 Å². The van der Waals surface area contributed by atoms with Gasteiger partial charge in [0.15, 0.2) is 0 Å². The lowest BCUT2D eigenvalue weighted by atomic mass is 9.79. The maximum absolute atomic E-state index is 9.95. The molecule has 34 heavy (non-hydrogen) atoms. The van der Waals surface area contributed by atoms with Crippen molar-refractivity contribution < 1.29 is 0 Å². The molecule has 3 rings (SSSR count). The highest BCUT2D eigenvalue weighted by molar-refractivity contribution is 6.42. The van der Waals surface area contributed by atoms with Crippen LogP contribution in [0.15, 0.2) is 66.7 Å². The molecular weight excluding hydrogens is 485 g/mol. The molecule has 0 heterocycles. The molecule has 0 fully saturated rings. The Labute approximate surface area is 216 Å². The third-order valence-electron chi connectivity index (χ3n) is 6.13. The Bertz CT molecular complexity index is 1220. The highest BCUT2D eigenvalue weighted by atomic mass is 35.5. The van der Waals surface area contributed by atoms with Crippen LogP contribution in [-0.2, 0) is 6.42 Å². The normalized spacial score (nSPS) is 14.0. The van der Waals surface area contributed by atoms with E-state index in [0.717, 1.165) is 23.1 Å². The van der Waals surface area contributed by atoms with Crippen LogP contribution >= 0.6 is 34.8 Å². The van der Waals surface area contributed by atoms with E-state index >= 15 is 0 Å². The number of hydrogen-bond donors (Lipinski definition) is 1. The third kappa shape index (κ3) is 6.32. The Morgan fingerprint density at radius 3 is 2.21 bits per heavy atom. The summed E-state index contributed by atoms with van der Waals surface area (Å²) in [6.45, 7) is 5.92. The minimum Gasteiger partial charge on any atom is -0.305 e. The largest absolute Gasteiger partial charge is 0.305 e. The molecule has 174 valence electrons. The first kappa shape index (κ1) is 26.1. The average molecular weight is 511 g/mol. The van der Waals surface area contributed by atoms with Crippen LogP contribution in [0.5, 0.6) is 0 Å². The summed E-state index contributed by atoms with van der Waals surface area (Å²) < 4.78 is 0. The van der Waals surface area contributed by atoms with Crippen molar-refractivity contribution in [2.75, 3.05) is 0 Å². The Hall–Kier alpha value is -2.53.